The molecule has 3 atom stereocenters. The van der Waals surface area contributed by atoms with Gasteiger partial charge in [-0.1, -0.05) is 20.8 Å². The quantitative estimate of drug-likeness (QED) is 0.685. The van der Waals surface area contributed by atoms with Gasteiger partial charge >= 0.3 is 5.97 Å². The molecule has 0 heterocycles. The normalized spacial score (nSPS) is 33.1. The largest absolute Gasteiger partial charge is 0.462 e. The van der Waals surface area contributed by atoms with Crippen molar-refractivity contribution in [1.29, 1.82) is 0 Å². The average Bonchev–Trinajstić information content (AvgIpc) is 2.75. The van der Waals surface area contributed by atoms with E-state index in [1.165, 1.54) is 19.3 Å². The molecule has 2 saturated carbocycles. The van der Waals surface area contributed by atoms with Crippen LogP contribution in [0, 0.1) is 17.3 Å². The Kier molecular flexibility index (Phi) is 3.27. The van der Waals surface area contributed by atoms with E-state index in [9.17, 15) is 4.79 Å². The van der Waals surface area contributed by atoms with Gasteiger partial charge in [-0.05, 0) is 49.4 Å². The zero-order valence-corrected chi connectivity index (χ0v) is 10.8. The second-order valence-corrected chi connectivity index (χ2v) is 6.76. The van der Waals surface area contributed by atoms with E-state index in [1.807, 2.05) is 0 Å². The Hall–Kier alpha value is -0.530. The first kappa shape index (κ1) is 11.9. The molecule has 0 radical (unpaired) electrons. The van der Waals surface area contributed by atoms with Crippen LogP contribution in [-0.2, 0) is 9.53 Å². The van der Waals surface area contributed by atoms with Crippen LogP contribution in [-0.4, -0.2) is 12.1 Å². The van der Waals surface area contributed by atoms with E-state index in [0.29, 0.717) is 12.3 Å². The predicted octanol–water partition coefficient (Wildman–Crippen LogP) is 3.54. The molecule has 2 fully saturated rings. The number of carbonyl (C=O) groups is 1. The molecule has 0 N–H and O–H groups in total. The zero-order chi connectivity index (χ0) is 11.8. The molecule has 2 nitrogen and oxygen atoms in total. The average molecular weight is 224 g/mol. The van der Waals surface area contributed by atoms with Crippen molar-refractivity contribution in [3.8, 4) is 0 Å². The smallest absolute Gasteiger partial charge is 0.306 e. The maximum absolute atomic E-state index is 11.7. The highest BCUT2D eigenvalue weighted by Crippen LogP contribution is 2.46. The minimum absolute atomic E-state index is 0.0208. The Morgan fingerprint density at radius 2 is 2.00 bits per heavy atom. The van der Waals surface area contributed by atoms with E-state index >= 15 is 0 Å². The summed E-state index contributed by atoms with van der Waals surface area (Å²) in [5, 5.41) is 0. The van der Waals surface area contributed by atoms with Crippen LogP contribution in [0.2, 0.25) is 0 Å². The van der Waals surface area contributed by atoms with Gasteiger partial charge in [0.2, 0.25) is 0 Å². The molecule has 0 aromatic heterocycles. The summed E-state index contributed by atoms with van der Waals surface area (Å²) in [5.41, 5.74) is 0.230. The summed E-state index contributed by atoms with van der Waals surface area (Å²) in [4.78, 5) is 11.7. The molecular formula is C14H24O2. The third kappa shape index (κ3) is 2.99. The predicted molar refractivity (Wildman–Crippen MR) is 64.0 cm³/mol. The zero-order valence-electron chi connectivity index (χ0n) is 10.8. The number of hydrogen-bond acceptors (Lipinski definition) is 2. The third-order valence-electron chi connectivity index (χ3n) is 4.04. The molecular weight excluding hydrogens is 200 g/mol. The van der Waals surface area contributed by atoms with Crippen molar-refractivity contribution in [2.24, 2.45) is 17.3 Å². The SMILES string of the molecule is CC(C)(C)CCC(=O)OC1CC2CCC1C2. The van der Waals surface area contributed by atoms with Crippen molar-refractivity contribution in [1.82, 2.24) is 0 Å². The monoisotopic (exact) mass is 224 g/mol. The summed E-state index contributed by atoms with van der Waals surface area (Å²) in [5.74, 6) is 1.56. The molecule has 0 aromatic rings. The van der Waals surface area contributed by atoms with Crippen molar-refractivity contribution in [2.75, 3.05) is 0 Å². The third-order valence-corrected chi connectivity index (χ3v) is 4.04. The fourth-order valence-electron chi connectivity index (χ4n) is 3.04. The second-order valence-electron chi connectivity index (χ2n) is 6.76. The lowest BCUT2D eigenvalue weighted by molar-refractivity contribution is -0.152. The minimum Gasteiger partial charge on any atom is -0.462 e. The molecule has 0 amide bonds. The number of fused-ring (bicyclic) bond motifs is 2. The lowest BCUT2D eigenvalue weighted by atomic mass is 9.90. The van der Waals surface area contributed by atoms with E-state index in [0.717, 1.165) is 18.8 Å². The van der Waals surface area contributed by atoms with Gasteiger partial charge in [0.05, 0.1) is 0 Å². The van der Waals surface area contributed by atoms with E-state index in [2.05, 4.69) is 20.8 Å². The van der Waals surface area contributed by atoms with Crippen molar-refractivity contribution in [3.05, 3.63) is 0 Å². The fourth-order valence-corrected chi connectivity index (χ4v) is 3.04. The topological polar surface area (TPSA) is 26.3 Å². The van der Waals surface area contributed by atoms with Gasteiger partial charge in [-0.3, -0.25) is 4.79 Å². The van der Waals surface area contributed by atoms with Crippen LogP contribution in [0.3, 0.4) is 0 Å². The van der Waals surface area contributed by atoms with Crippen molar-refractivity contribution >= 4 is 5.97 Å². The summed E-state index contributed by atoms with van der Waals surface area (Å²) in [6, 6.07) is 0. The summed E-state index contributed by atoms with van der Waals surface area (Å²) < 4.78 is 5.60. The van der Waals surface area contributed by atoms with Crippen LogP contribution in [0.5, 0.6) is 0 Å². The molecule has 2 rings (SSSR count). The number of esters is 1. The van der Waals surface area contributed by atoms with Crippen LogP contribution in [0.25, 0.3) is 0 Å². The number of hydrogen-bond donors (Lipinski definition) is 0. The van der Waals surface area contributed by atoms with Gasteiger partial charge in [-0.2, -0.15) is 0 Å². The van der Waals surface area contributed by atoms with Gasteiger partial charge < -0.3 is 4.74 Å². The Bertz CT molecular complexity index is 264. The maximum Gasteiger partial charge on any atom is 0.306 e. The van der Waals surface area contributed by atoms with E-state index in [4.69, 9.17) is 4.74 Å². The highest BCUT2D eigenvalue weighted by molar-refractivity contribution is 5.69. The molecule has 0 aliphatic heterocycles. The molecule has 2 heteroatoms. The lowest BCUT2D eigenvalue weighted by Gasteiger charge is -2.23. The minimum atomic E-state index is 0.0208. The van der Waals surface area contributed by atoms with E-state index in [-0.39, 0.29) is 17.5 Å². The molecule has 2 aliphatic rings. The Morgan fingerprint density at radius 1 is 1.25 bits per heavy atom. The first-order valence-corrected chi connectivity index (χ1v) is 6.63. The van der Waals surface area contributed by atoms with Crippen molar-refractivity contribution in [3.63, 3.8) is 0 Å². The van der Waals surface area contributed by atoms with Crippen LogP contribution in [0.4, 0.5) is 0 Å². The number of ether oxygens (including phenoxy) is 1. The first-order chi connectivity index (χ1) is 7.44. The van der Waals surface area contributed by atoms with Gasteiger partial charge in [-0.15, -0.1) is 0 Å². The van der Waals surface area contributed by atoms with Crippen molar-refractivity contribution in [2.45, 2.75) is 65.4 Å². The summed E-state index contributed by atoms with van der Waals surface area (Å²) in [6.07, 6.45) is 6.83. The highest BCUT2D eigenvalue weighted by atomic mass is 16.5. The maximum atomic E-state index is 11.7. The van der Waals surface area contributed by atoms with Crippen LogP contribution in [0.15, 0.2) is 0 Å². The van der Waals surface area contributed by atoms with Gasteiger partial charge in [0, 0.05) is 6.42 Å². The molecule has 2 aliphatic carbocycles. The van der Waals surface area contributed by atoms with Gasteiger partial charge in [-0.25, -0.2) is 0 Å². The lowest BCUT2D eigenvalue weighted by Crippen LogP contribution is -2.24. The molecule has 0 saturated heterocycles. The number of carbonyl (C=O) groups excluding carboxylic acids is 1. The van der Waals surface area contributed by atoms with Crippen molar-refractivity contribution < 1.29 is 9.53 Å². The van der Waals surface area contributed by atoms with Crippen LogP contribution < -0.4 is 0 Å². The Balaban J connectivity index is 1.72. The van der Waals surface area contributed by atoms with Gasteiger partial charge in [0.1, 0.15) is 6.10 Å². The molecule has 3 unspecified atom stereocenters. The Labute approximate surface area is 98.7 Å². The summed E-state index contributed by atoms with van der Waals surface area (Å²) >= 11 is 0. The van der Waals surface area contributed by atoms with Gasteiger partial charge in [0.15, 0.2) is 0 Å². The molecule has 0 aromatic carbocycles. The second kappa shape index (κ2) is 4.38. The van der Waals surface area contributed by atoms with E-state index in [1.54, 1.807) is 0 Å². The standard InChI is InChI=1S/C14H24O2/c1-14(2,3)7-6-13(15)16-12-9-10-4-5-11(12)8-10/h10-12H,4-9H2,1-3H3. The summed E-state index contributed by atoms with van der Waals surface area (Å²) in [7, 11) is 0. The molecule has 2 bridgehead atoms. The van der Waals surface area contributed by atoms with E-state index < -0.39 is 0 Å². The van der Waals surface area contributed by atoms with Crippen LogP contribution in [0.1, 0.15) is 59.3 Å². The number of rotatable bonds is 3. The van der Waals surface area contributed by atoms with Crippen LogP contribution >= 0.6 is 0 Å². The fraction of sp³-hybridized carbons (Fsp3) is 0.929. The molecule has 16 heavy (non-hydrogen) atoms. The van der Waals surface area contributed by atoms with Gasteiger partial charge in [0.25, 0.3) is 0 Å². The molecule has 92 valence electrons. The Morgan fingerprint density at radius 3 is 2.50 bits per heavy atom. The molecule has 0 spiro atoms. The summed E-state index contributed by atoms with van der Waals surface area (Å²) in [6.45, 7) is 6.49. The highest BCUT2D eigenvalue weighted by Gasteiger charge is 2.41. The first-order valence-electron chi connectivity index (χ1n) is 6.63.